The van der Waals surface area contributed by atoms with Crippen molar-refractivity contribution in [3.63, 3.8) is 0 Å². The number of carboxylic acids is 1. The molecule has 1 unspecified atom stereocenters. The smallest absolute Gasteiger partial charge is 0.334 e. The number of rotatable bonds is 6. The number of carbonyl (C=O) groups is 3. The minimum absolute atomic E-state index is 0.0739. The van der Waals surface area contributed by atoms with Crippen molar-refractivity contribution < 1.29 is 24.2 Å². The highest BCUT2D eigenvalue weighted by molar-refractivity contribution is 5.94. The first-order valence-electron chi connectivity index (χ1n) is 7.53. The highest BCUT2D eigenvalue weighted by atomic mass is 16.5. The van der Waals surface area contributed by atoms with Crippen molar-refractivity contribution in [2.24, 2.45) is 0 Å². The number of morpholine rings is 1. The van der Waals surface area contributed by atoms with Gasteiger partial charge in [-0.1, -0.05) is 18.2 Å². The van der Waals surface area contributed by atoms with Gasteiger partial charge in [0.15, 0.2) is 6.10 Å². The summed E-state index contributed by atoms with van der Waals surface area (Å²) in [5.41, 5.74) is 0.580. The molecule has 2 rings (SSSR count). The largest absolute Gasteiger partial charge is 0.479 e. The molecule has 124 valence electrons. The molecule has 0 aliphatic carbocycles. The van der Waals surface area contributed by atoms with Gasteiger partial charge in [0.2, 0.25) is 5.91 Å². The maximum atomic E-state index is 12.0. The van der Waals surface area contributed by atoms with Gasteiger partial charge in [-0.15, -0.1) is 0 Å². The molecule has 1 heterocycles. The van der Waals surface area contributed by atoms with Gasteiger partial charge in [-0.25, -0.2) is 4.79 Å². The minimum Gasteiger partial charge on any atom is -0.479 e. The molecule has 0 aromatic heterocycles. The van der Waals surface area contributed by atoms with Crippen molar-refractivity contribution in [1.29, 1.82) is 0 Å². The maximum absolute atomic E-state index is 12.0. The van der Waals surface area contributed by atoms with E-state index in [1.807, 2.05) is 6.07 Å². The Balaban J connectivity index is 1.68. The molecule has 1 aliphatic rings. The van der Waals surface area contributed by atoms with E-state index in [9.17, 15) is 14.4 Å². The fraction of sp³-hybridized carbons (Fsp3) is 0.438. The van der Waals surface area contributed by atoms with Crippen LogP contribution >= 0.6 is 0 Å². The zero-order valence-electron chi connectivity index (χ0n) is 12.7. The zero-order valence-corrected chi connectivity index (χ0v) is 12.7. The molecule has 2 N–H and O–H groups in total. The summed E-state index contributed by atoms with van der Waals surface area (Å²) in [5.74, 6) is -1.35. The van der Waals surface area contributed by atoms with Crippen molar-refractivity contribution in [3.05, 3.63) is 35.9 Å². The fourth-order valence-electron chi connectivity index (χ4n) is 2.32. The molecule has 0 spiro atoms. The van der Waals surface area contributed by atoms with Gasteiger partial charge in [0.1, 0.15) is 0 Å². The number of amides is 2. The summed E-state index contributed by atoms with van der Waals surface area (Å²) in [7, 11) is 0. The van der Waals surface area contributed by atoms with E-state index in [0.29, 0.717) is 25.1 Å². The number of aliphatic carboxylic acids is 1. The molecule has 1 saturated heterocycles. The molecule has 1 fully saturated rings. The molecule has 1 atom stereocenters. The second-order valence-corrected chi connectivity index (χ2v) is 5.26. The summed E-state index contributed by atoms with van der Waals surface area (Å²) in [6.07, 6.45) is -0.182. The summed E-state index contributed by atoms with van der Waals surface area (Å²) in [4.78, 5) is 36.2. The van der Waals surface area contributed by atoms with Crippen LogP contribution in [0.5, 0.6) is 0 Å². The topological polar surface area (TPSA) is 95.9 Å². The first-order valence-corrected chi connectivity index (χ1v) is 7.53. The average molecular weight is 320 g/mol. The number of benzene rings is 1. The van der Waals surface area contributed by atoms with Crippen LogP contribution in [-0.4, -0.2) is 60.1 Å². The Kier molecular flexibility index (Phi) is 6.10. The van der Waals surface area contributed by atoms with Gasteiger partial charge in [-0.05, 0) is 18.6 Å². The highest BCUT2D eigenvalue weighted by Gasteiger charge is 2.28. The second kappa shape index (κ2) is 8.28. The molecule has 2 amide bonds. The standard InChI is InChI=1S/C16H20N2O5/c19-14(18-9-10-23-13(11-18)16(21)22)7-4-8-17-15(20)12-5-2-1-3-6-12/h1-3,5-6,13H,4,7-11H2,(H,17,20)(H,21,22). The van der Waals surface area contributed by atoms with Gasteiger partial charge in [0.25, 0.3) is 5.91 Å². The van der Waals surface area contributed by atoms with Crippen LogP contribution in [0.15, 0.2) is 30.3 Å². The summed E-state index contributed by atoms with van der Waals surface area (Å²) < 4.78 is 5.08. The number of nitrogens with zero attached hydrogens (tertiary/aromatic N) is 1. The quantitative estimate of drug-likeness (QED) is 0.745. The lowest BCUT2D eigenvalue weighted by atomic mass is 10.2. The normalized spacial score (nSPS) is 17.6. The van der Waals surface area contributed by atoms with Gasteiger partial charge in [0.05, 0.1) is 13.2 Å². The van der Waals surface area contributed by atoms with E-state index in [0.717, 1.165) is 0 Å². The average Bonchev–Trinajstić information content (AvgIpc) is 2.59. The van der Waals surface area contributed by atoms with Crippen LogP contribution in [0.4, 0.5) is 0 Å². The monoisotopic (exact) mass is 320 g/mol. The van der Waals surface area contributed by atoms with Crippen molar-refractivity contribution in [3.8, 4) is 0 Å². The van der Waals surface area contributed by atoms with E-state index in [-0.39, 0.29) is 31.4 Å². The number of hydrogen-bond acceptors (Lipinski definition) is 4. The van der Waals surface area contributed by atoms with E-state index < -0.39 is 12.1 Å². The first-order chi connectivity index (χ1) is 11.1. The predicted molar refractivity (Wildman–Crippen MR) is 82.0 cm³/mol. The van der Waals surface area contributed by atoms with Crippen LogP contribution in [0, 0.1) is 0 Å². The minimum atomic E-state index is -1.06. The van der Waals surface area contributed by atoms with Crippen molar-refractivity contribution >= 4 is 17.8 Å². The lowest BCUT2D eigenvalue weighted by Gasteiger charge is -2.30. The molecule has 0 bridgehead atoms. The van der Waals surface area contributed by atoms with Crippen molar-refractivity contribution in [2.75, 3.05) is 26.2 Å². The van der Waals surface area contributed by atoms with Crippen molar-refractivity contribution in [2.45, 2.75) is 18.9 Å². The van der Waals surface area contributed by atoms with Crippen LogP contribution in [0.1, 0.15) is 23.2 Å². The van der Waals surface area contributed by atoms with Crippen LogP contribution in [0.3, 0.4) is 0 Å². The van der Waals surface area contributed by atoms with E-state index in [1.54, 1.807) is 24.3 Å². The number of nitrogens with one attached hydrogen (secondary N) is 1. The van der Waals surface area contributed by atoms with E-state index in [4.69, 9.17) is 9.84 Å². The second-order valence-electron chi connectivity index (χ2n) is 5.26. The highest BCUT2D eigenvalue weighted by Crippen LogP contribution is 2.08. The zero-order chi connectivity index (χ0) is 16.7. The SMILES string of the molecule is O=C(NCCCC(=O)N1CCOC(C(=O)O)C1)c1ccccc1. The molecular weight excluding hydrogens is 300 g/mol. The molecule has 1 aromatic carbocycles. The molecule has 23 heavy (non-hydrogen) atoms. The van der Waals surface area contributed by atoms with E-state index >= 15 is 0 Å². The van der Waals surface area contributed by atoms with Crippen LogP contribution in [0.2, 0.25) is 0 Å². The first kappa shape index (κ1) is 17.0. The van der Waals surface area contributed by atoms with Gasteiger partial charge < -0.3 is 20.1 Å². The predicted octanol–water partition coefficient (Wildman–Crippen LogP) is 0.509. The lowest BCUT2D eigenvalue weighted by molar-refractivity contribution is -0.159. The number of ether oxygens (including phenoxy) is 1. The summed E-state index contributed by atoms with van der Waals surface area (Å²) in [5, 5.41) is 11.7. The third-order valence-corrected chi connectivity index (χ3v) is 3.58. The molecule has 7 heteroatoms. The Bertz CT molecular complexity index is 561. The fourth-order valence-corrected chi connectivity index (χ4v) is 2.32. The summed E-state index contributed by atoms with van der Waals surface area (Å²) in [6.45, 7) is 1.10. The molecule has 0 radical (unpaired) electrons. The molecule has 1 aromatic rings. The third kappa shape index (κ3) is 5.07. The Hall–Kier alpha value is -2.41. The Morgan fingerprint density at radius 3 is 2.70 bits per heavy atom. The number of hydrogen-bond donors (Lipinski definition) is 2. The molecular formula is C16H20N2O5. The summed E-state index contributed by atoms with van der Waals surface area (Å²) >= 11 is 0. The van der Waals surface area contributed by atoms with Crippen molar-refractivity contribution in [1.82, 2.24) is 10.2 Å². The van der Waals surface area contributed by atoms with Crippen LogP contribution in [0.25, 0.3) is 0 Å². The molecule has 1 aliphatic heterocycles. The van der Waals surface area contributed by atoms with Gasteiger partial charge in [0, 0.05) is 25.1 Å². The van der Waals surface area contributed by atoms with E-state index in [2.05, 4.69) is 5.32 Å². The van der Waals surface area contributed by atoms with Gasteiger partial charge in [-0.2, -0.15) is 0 Å². The number of carbonyl (C=O) groups excluding carboxylic acids is 2. The lowest BCUT2D eigenvalue weighted by Crippen LogP contribution is -2.48. The Morgan fingerprint density at radius 2 is 2.00 bits per heavy atom. The maximum Gasteiger partial charge on any atom is 0.334 e. The third-order valence-electron chi connectivity index (χ3n) is 3.58. The van der Waals surface area contributed by atoms with Crippen LogP contribution < -0.4 is 5.32 Å². The summed E-state index contributed by atoms with van der Waals surface area (Å²) in [6, 6.07) is 8.86. The van der Waals surface area contributed by atoms with Gasteiger partial charge >= 0.3 is 5.97 Å². The number of carboxylic acid groups (broad SMARTS) is 1. The molecule has 0 saturated carbocycles. The van der Waals surface area contributed by atoms with E-state index in [1.165, 1.54) is 4.90 Å². The Labute approximate surface area is 134 Å². The van der Waals surface area contributed by atoms with Gasteiger partial charge in [-0.3, -0.25) is 9.59 Å². The Morgan fingerprint density at radius 1 is 1.26 bits per heavy atom. The van der Waals surface area contributed by atoms with Crippen LogP contribution in [-0.2, 0) is 14.3 Å². The molecule has 7 nitrogen and oxygen atoms in total.